The van der Waals surface area contributed by atoms with Crippen LogP contribution in [0.2, 0.25) is 0 Å². The predicted molar refractivity (Wildman–Crippen MR) is 63.0 cm³/mol. The largest absolute Gasteiger partial charge is 0.407 e. The van der Waals surface area contributed by atoms with Gasteiger partial charge in [-0.05, 0) is 24.1 Å². The molecule has 1 heterocycles. The highest BCUT2D eigenvalue weighted by atomic mass is 35.5. The topological polar surface area (TPSA) is 51.0 Å². The molecule has 0 spiro atoms. The van der Waals surface area contributed by atoms with Gasteiger partial charge in [0.2, 0.25) is 5.89 Å². The van der Waals surface area contributed by atoms with Gasteiger partial charge in [0.05, 0.1) is 0 Å². The van der Waals surface area contributed by atoms with Gasteiger partial charge >= 0.3 is 6.01 Å². The molecule has 0 saturated carbocycles. The summed E-state index contributed by atoms with van der Waals surface area (Å²) in [4.78, 5) is 0. The van der Waals surface area contributed by atoms with Crippen LogP contribution in [0.5, 0.6) is 0 Å². The van der Waals surface area contributed by atoms with Gasteiger partial charge in [-0.2, -0.15) is 0 Å². The first-order valence-corrected chi connectivity index (χ1v) is 5.59. The van der Waals surface area contributed by atoms with E-state index >= 15 is 0 Å². The lowest BCUT2D eigenvalue weighted by atomic mass is 10.1. The van der Waals surface area contributed by atoms with Crippen LogP contribution in [0.15, 0.2) is 28.7 Å². The Kier molecular flexibility index (Phi) is 3.41. The fourth-order valence-corrected chi connectivity index (χ4v) is 1.46. The van der Waals surface area contributed by atoms with Crippen LogP contribution >= 0.6 is 11.6 Å². The molecule has 2 aromatic rings. The van der Waals surface area contributed by atoms with E-state index in [0.717, 1.165) is 12.1 Å². The number of nitrogens with zero attached hydrogens (tertiary/aromatic N) is 2. The molecule has 4 nitrogen and oxygen atoms in total. The smallest absolute Gasteiger partial charge is 0.320 e. The normalized spacial score (nSPS) is 10.4. The maximum absolute atomic E-state index is 5.57. The maximum Gasteiger partial charge on any atom is 0.320 e. The van der Waals surface area contributed by atoms with E-state index in [0.29, 0.717) is 11.9 Å². The third-order valence-corrected chi connectivity index (χ3v) is 2.40. The van der Waals surface area contributed by atoms with Crippen molar-refractivity contribution in [1.82, 2.24) is 10.2 Å². The summed E-state index contributed by atoms with van der Waals surface area (Å²) in [5.74, 6) is 0.639. The zero-order valence-electron chi connectivity index (χ0n) is 8.90. The van der Waals surface area contributed by atoms with Crippen LogP contribution in [0.1, 0.15) is 18.4 Å². The van der Waals surface area contributed by atoms with Crippen LogP contribution in [0.4, 0.5) is 11.7 Å². The van der Waals surface area contributed by atoms with Crippen molar-refractivity contribution in [1.29, 1.82) is 0 Å². The second-order valence-electron chi connectivity index (χ2n) is 3.31. The Bertz CT molecular complexity index is 470. The molecule has 0 atom stereocenters. The maximum atomic E-state index is 5.57. The zero-order chi connectivity index (χ0) is 11.4. The highest BCUT2D eigenvalue weighted by Crippen LogP contribution is 2.17. The van der Waals surface area contributed by atoms with E-state index in [2.05, 4.69) is 28.5 Å². The summed E-state index contributed by atoms with van der Waals surface area (Å²) >= 11 is 5.57. The van der Waals surface area contributed by atoms with Gasteiger partial charge in [0, 0.05) is 5.69 Å². The lowest BCUT2D eigenvalue weighted by Gasteiger charge is -2.02. The van der Waals surface area contributed by atoms with Gasteiger partial charge in [0.25, 0.3) is 0 Å². The molecule has 2 rings (SSSR count). The first-order valence-electron chi connectivity index (χ1n) is 5.06. The minimum absolute atomic E-state index is 0.226. The Morgan fingerprint density at radius 1 is 1.38 bits per heavy atom. The molecule has 0 aliphatic rings. The number of aromatic nitrogens is 2. The summed E-state index contributed by atoms with van der Waals surface area (Å²) in [7, 11) is 0. The molecule has 16 heavy (non-hydrogen) atoms. The molecule has 0 unspecified atom stereocenters. The summed E-state index contributed by atoms with van der Waals surface area (Å²) in [6, 6.07) is 8.42. The molecule has 84 valence electrons. The molecule has 0 fully saturated rings. The molecule has 0 radical (unpaired) electrons. The average Bonchev–Trinajstić information content (AvgIpc) is 2.77. The van der Waals surface area contributed by atoms with E-state index in [1.807, 2.05) is 18.2 Å². The number of alkyl halides is 1. The number of halogens is 1. The third kappa shape index (κ3) is 2.52. The Labute approximate surface area is 98.6 Å². The monoisotopic (exact) mass is 237 g/mol. The van der Waals surface area contributed by atoms with Crippen molar-refractivity contribution >= 4 is 23.3 Å². The van der Waals surface area contributed by atoms with Gasteiger partial charge in [0.15, 0.2) is 0 Å². The summed E-state index contributed by atoms with van der Waals surface area (Å²) < 4.78 is 5.24. The number of anilines is 2. The van der Waals surface area contributed by atoms with E-state index in [9.17, 15) is 0 Å². The molecule has 5 heteroatoms. The Balaban J connectivity index is 2.13. The number of rotatable bonds is 4. The Hall–Kier alpha value is -1.55. The quantitative estimate of drug-likeness (QED) is 0.831. The fourth-order valence-electron chi connectivity index (χ4n) is 1.35. The van der Waals surface area contributed by atoms with Crippen molar-refractivity contribution in [2.75, 3.05) is 5.32 Å². The molecule has 0 aliphatic carbocycles. The van der Waals surface area contributed by atoms with Crippen molar-refractivity contribution in [3.63, 3.8) is 0 Å². The van der Waals surface area contributed by atoms with Crippen molar-refractivity contribution in [3.8, 4) is 0 Å². The zero-order valence-corrected chi connectivity index (χ0v) is 9.66. The van der Waals surface area contributed by atoms with Gasteiger partial charge in [-0.1, -0.05) is 24.2 Å². The van der Waals surface area contributed by atoms with E-state index in [1.54, 1.807) is 0 Å². The highest BCUT2D eigenvalue weighted by Gasteiger charge is 2.04. The van der Waals surface area contributed by atoms with Crippen LogP contribution in [0, 0.1) is 0 Å². The highest BCUT2D eigenvalue weighted by molar-refractivity contribution is 6.16. The van der Waals surface area contributed by atoms with Crippen LogP contribution in [-0.2, 0) is 12.3 Å². The van der Waals surface area contributed by atoms with Crippen molar-refractivity contribution in [2.45, 2.75) is 19.2 Å². The predicted octanol–water partition coefficient (Wildman–Crippen LogP) is 3.11. The second kappa shape index (κ2) is 4.99. The molecular formula is C11H12ClN3O. The second-order valence-corrected chi connectivity index (χ2v) is 3.58. The molecule has 0 aliphatic heterocycles. The van der Waals surface area contributed by atoms with Crippen molar-refractivity contribution in [3.05, 3.63) is 35.7 Å². The Morgan fingerprint density at radius 3 is 2.94 bits per heavy atom. The minimum Gasteiger partial charge on any atom is -0.407 e. The summed E-state index contributed by atoms with van der Waals surface area (Å²) in [5, 5.41) is 10.6. The molecule has 1 N–H and O–H groups in total. The van der Waals surface area contributed by atoms with Crippen LogP contribution in [-0.4, -0.2) is 10.2 Å². The van der Waals surface area contributed by atoms with Crippen LogP contribution in [0.3, 0.4) is 0 Å². The lowest BCUT2D eigenvalue weighted by molar-refractivity contribution is 0.530. The van der Waals surface area contributed by atoms with Gasteiger partial charge in [-0.25, -0.2) is 0 Å². The van der Waals surface area contributed by atoms with Crippen molar-refractivity contribution in [2.24, 2.45) is 0 Å². The van der Waals surface area contributed by atoms with Gasteiger partial charge in [-0.3, -0.25) is 0 Å². The van der Waals surface area contributed by atoms with Gasteiger partial charge in [-0.15, -0.1) is 16.7 Å². The van der Waals surface area contributed by atoms with E-state index in [1.165, 1.54) is 5.56 Å². The molecule has 0 amide bonds. The SMILES string of the molecule is CCc1cccc(Nc2nnc(CCl)o2)c1. The van der Waals surface area contributed by atoms with E-state index in [-0.39, 0.29) is 5.88 Å². The van der Waals surface area contributed by atoms with Gasteiger partial charge in [0.1, 0.15) is 5.88 Å². The first kappa shape index (κ1) is 11.0. The molecule has 0 bridgehead atoms. The summed E-state index contributed by atoms with van der Waals surface area (Å²) in [6.07, 6.45) is 0.992. The van der Waals surface area contributed by atoms with Crippen molar-refractivity contribution < 1.29 is 4.42 Å². The molecule has 0 saturated heterocycles. The number of aryl methyl sites for hydroxylation is 1. The third-order valence-electron chi connectivity index (χ3n) is 2.17. The van der Waals surface area contributed by atoms with Crippen LogP contribution in [0.25, 0.3) is 0 Å². The molecule has 1 aromatic heterocycles. The molecular weight excluding hydrogens is 226 g/mol. The minimum atomic E-state index is 0.226. The number of hydrogen-bond donors (Lipinski definition) is 1. The van der Waals surface area contributed by atoms with E-state index < -0.39 is 0 Å². The lowest BCUT2D eigenvalue weighted by Crippen LogP contribution is -1.91. The van der Waals surface area contributed by atoms with Gasteiger partial charge < -0.3 is 9.73 Å². The standard InChI is InChI=1S/C11H12ClN3O/c1-2-8-4-3-5-9(6-8)13-11-15-14-10(7-12)16-11/h3-6H,2,7H2,1H3,(H,13,15). The Morgan fingerprint density at radius 2 is 2.25 bits per heavy atom. The van der Waals surface area contributed by atoms with E-state index in [4.69, 9.17) is 16.0 Å². The number of nitrogens with one attached hydrogen (secondary N) is 1. The number of hydrogen-bond acceptors (Lipinski definition) is 4. The molecule has 1 aromatic carbocycles. The summed E-state index contributed by atoms with van der Waals surface area (Å²) in [5.41, 5.74) is 2.19. The first-order chi connectivity index (χ1) is 7.81. The average molecular weight is 238 g/mol. The fraction of sp³-hybridized carbons (Fsp3) is 0.273. The van der Waals surface area contributed by atoms with Crippen LogP contribution < -0.4 is 5.32 Å². The number of benzene rings is 1. The summed E-state index contributed by atoms with van der Waals surface area (Å²) in [6.45, 7) is 2.11.